The van der Waals surface area contributed by atoms with Crippen molar-refractivity contribution in [1.29, 1.82) is 0 Å². The third-order valence-corrected chi connectivity index (χ3v) is 5.85. The van der Waals surface area contributed by atoms with Crippen LogP contribution in [0.25, 0.3) is 5.70 Å². The van der Waals surface area contributed by atoms with Crippen LogP contribution in [0.3, 0.4) is 0 Å². The number of nitrogens with two attached hydrogens (primary N) is 1. The fourth-order valence-electron chi connectivity index (χ4n) is 2.87. The van der Waals surface area contributed by atoms with Crippen molar-refractivity contribution in [1.82, 2.24) is 30.1 Å². The Balaban J connectivity index is 1.62. The number of rotatable bonds is 7. The lowest BCUT2D eigenvalue weighted by Crippen LogP contribution is -2.43. The van der Waals surface area contributed by atoms with Crippen molar-refractivity contribution >= 4 is 34.5 Å². The summed E-state index contributed by atoms with van der Waals surface area (Å²) in [6.07, 6.45) is 6.81. The molecule has 0 unspecified atom stereocenters. The van der Waals surface area contributed by atoms with Gasteiger partial charge in [0.1, 0.15) is 0 Å². The van der Waals surface area contributed by atoms with E-state index < -0.39 is 0 Å². The van der Waals surface area contributed by atoms with Crippen molar-refractivity contribution in [3.05, 3.63) is 63.9 Å². The van der Waals surface area contributed by atoms with Crippen LogP contribution in [0.1, 0.15) is 15.4 Å². The molecule has 29 heavy (non-hydrogen) atoms. The minimum Gasteiger partial charge on any atom is -0.403 e. The Morgan fingerprint density at radius 3 is 2.76 bits per heavy atom. The number of aromatic nitrogens is 3. The molecule has 3 heterocycles. The molecule has 3 rings (SSSR count). The number of hydrogen-bond donors (Lipinski definition) is 2. The fourth-order valence-corrected chi connectivity index (χ4v) is 3.83. The van der Waals surface area contributed by atoms with E-state index in [1.165, 1.54) is 17.5 Å². The van der Waals surface area contributed by atoms with Crippen molar-refractivity contribution in [2.45, 2.75) is 6.54 Å². The molecule has 0 atom stereocenters. The van der Waals surface area contributed by atoms with Crippen molar-refractivity contribution in [3.63, 3.8) is 0 Å². The topological polar surface area (TPSA) is 92.3 Å². The molecule has 0 aromatic carbocycles. The highest BCUT2D eigenvalue weighted by Crippen LogP contribution is 2.21. The summed E-state index contributed by atoms with van der Waals surface area (Å²) in [6.45, 7) is 8.30. The molecule has 1 amide bonds. The van der Waals surface area contributed by atoms with Crippen LogP contribution in [0.2, 0.25) is 4.34 Å². The summed E-state index contributed by atoms with van der Waals surface area (Å²) in [5, 5.41) is 10.9. The molecule has 1 aliphatic rings. The van der Waals surface area contributed by atoms with Crippen LogP contribution in [0.15, 0.2) is 49.0 Å². The second-order valence-electron chi connectivity index (χ2n) is 6.63. The van der Waals surface area contributed by atoms with Gasteiger partial charge in [0.05, 0.1) is 33.3 Å². The van der Waals surface area contributed by atoms with Crippen LogP contribution in [-0.4, -0.2) is 63.9 Å². The minimum atomic E-state index is -0.202. The first-order valence-electron chi connectivity index (χ1n) is 9.14. The average molecular weight is 434 g/mol. The first-order chi connectivity index (χ1) is 14.0. The van der Waals surface area contributed by atoms with Gasteiger partial charge in [-0.05, 0) is 31.3 Å². The number of halogens is 1. The van der Waals surface area contributed by atoms with Crippen LogP contribution in [-0.2, 0) is 6.54 Å². The van der Waals surface area contributed by atoms with Gasteiger partial charge in [0.2, 0.25) is 0 Å². The third kappa shape index (κ3) is 5.47. The van der Waals surface area contributed by atoms with Crippen LogP contribution in [0, 0.1) is 0 Å². The van der Waals surface area contributed by atoms with Gasteiger partial charge in [0.25, 0.3) is 5.91 Å². The summed E-state index contributed by atoms with van der Waals surface area (Å²) in [4.78, 5) is 17.3. The standard InChI is InChI=1S/C19H24ClN7OS/c1-14(26-9-7-25(2)8-10-26)3-4-15(11-21)27-16(13-23-24-27)12-22-19(28)17-5-6-18(20)29-17/h3-6,11,13H,1,7-10,12,21H2,2H3,(H,22,28)/b4-3-,15-11+. The Labute approximate surface area is 178 Å². The lowest BCUT2D eigenvalue weighted by molar-refractivity contribution is 0.0954. The Morgan fingerprint density at radius 2 is 2.10 bits per heavy atom. The van der Waals surface area contributed by atoms with Crippen molar-refractivity contribution < 1.29 is 4.79 Å². The molecule has 154 valence electrons. The normalized spacial score (nSPS) is 15.8. The predicted molar refractivity (Wildman–Crippen MR) is 116 cm³/mol. The Hall–Kier alpha value is -2.62. The zero-order valence-corrected chi connectivity index (χ0v) is 17.8. The summed E-state index contributed by atoms with van der Waals surface area (Å²) in [5.41, 5.74) is 8.07. The van der Waals surface area contributed by atoms with Crippen molar-refractivity contribution in [3.8, 4) is 0 Å². The van der Waals surface area contributed by atoms with Crippen molar-refractivity contribution in [2.24, 2.45) is 5.73 Å². The number of hydrogen-bond acceptors (Lipinski definition) is 7. The molecule has 1 fully saturated rings. The molecule has 3 N–H and O–H groups in total. The second-order valence-corrected chi connectivity index (χ2v) is 8.35. The maximum atomic E-state index is 12.2. The molecule has 0 radical (unpaired) electrons. The van der Waals surface area contributed by atoms with E-state index in [0.29, 0.717) is 20.6 Å². The largest absolute Gasteiger partial charge is 0.403 e. The maximum absolute atomic E-state index is 12.2. The minimum absolute atomic E-state index is 0.202. The molecule has 1 aliphatic heterocycles. The lowest BCUT2D eigenvalue weighted by Gasteiger charge is -2.34. The van der Waals surface area contributed by atoms with E-state index in [-0.39, 0.29) is 12.5 Å². The van der Waals surface area contributed by atoms with Gasteiger partial charge in [-0.1, -0.05) is 23.4 Å². The summed E-state index contributed by atoms with van der Waals surface area (Å²) in [7, 11) is 2.11. The van der Waals surface area contributed by atoms with Gasteiger partial charge in [0, 0.05) is 38.1 Å². The van der Waals surface area contributed by atoms with Crippen LogP contribution >= 0.6 is 22.9 Å². The summed E-state index contributed by atoms with van der Waals surface area (Å²) in [6, 6.07) is 3.38. The number of thiophene rings is 1. The highest BCUT2D eigenvalue weighted by Gasteiger charge is 2.14. The zero-order chi connectivity index (χ0) is 20.8. The molecule has 0 saturated carbocycles. The van der Waals surface area contributed by atoms with Gasteiger partial charge >= 0.3 is 0 Å². The summed E-state index contributed by atoms with van der Waals surface area (Å²) < 4.78 is 2.16. The van der Waals surface area contributed by atoms with Crippen molar-refractivity contribution in [2.75, 3.05) is 33.2 Å². The van der Waals surface area contributed by atoms with E-state index in [0.717, 1.165) is 31.9 Å². The van der Waals surface area contributed by atoms with Gasteiger partial charge in [-0.25, -0.2) is 4.68 Å². The molecule has 0 bridgehead atoms. The number of carbonyl (C=O) groups is 1. The number of piperazine rings is 1. The Bertz CT molecular complexity index is 925. The molecular weight excluding hydrogens is 410 g/mol. The van der Waals surface area contributed by atoms with Gasteiger partial charge < -0.3 is 20.9 Å². The molecule has 10 heteroatoms. The van der Waals surface area contributed by atoms with Crippen LogP contribution in [0.5, 0.6) is 0 Å². The molecule has 0 spiro atoms. The van der Waals surface area contributed by atoms with Crippen LogP contribution in [0.4, 0.5) is 0 Å². The molecule has 2 aromatic rings. The number of allylic oxidation sites excluding steroid dienone is 3. The lowest BCUT2D eigenvalue weighted by atomic mass is 10.2. The first-order valence-corrected chi connectivity index (χ1v) is 10.3. The first kappa shape index (κ1) is 21.1. The molecule has 8 nitrogen and oxygen atoms in total. The van der Waals surface area contributed by atoms with E-state index in [9.17, 15) is 4.79 Å². The molecular formula is C19H24ClN7OS. The third-order valence-electron chi connectivity index (χ3n) is 4.62. The van der Waals surface area contributed by atoms with Crippen LogP contribution < -0.4 is 11.1 Å². The van der Waals surface area contributed by atoms with E-state index >= 15 is 0 Å². The zero-order valence-electron chi connectivity index (χ0n) is 16.2. The van der Waals surface area contributed by atoms with Gasteiger partial charge in [-0.3, -0.25) is 4.79 Å². The average Bonchev–Trinajstić information content (AvgIpc) is 3.36. The quantitative estimate of drug-likeness (QED) is 0.649. The number of nitrogens with one attached hydrogen (secondary N) is 1. The predicted octanol–water partition coefficient (Wildman–Crippen LogP) is 2.00. The molecule has 1 saturated heterocycles. The SMILES string of the molecule is C=C(/C=C\C(=C/N)n1nncc1CNC(=O)c1ccc(Cl)s1)N1CCN(C)CC1. The monoisotopic (exact) mass is 433 g/mol. The van der Waals surface area contributed by atoms with Gasteiger partial charge in [-0.15, -0.1) is 16.4 Å². The summed E-state index contributed by atoms with van der Waals surface area (Å²) >= 11 is 7.11. The number of carbonyl (C=O) groups excluding carboxylic acids is 1. The van der Waals surface area contributed by atoms with E-state index in [1.54, 1.807) is 23.0 Å². The number of likely N-dealkylation sites (N-methyl/N-ethyl adjacent to an activating group) is 1. The van der Waals surface area contributed by atoms with Gasteiger partial charge in [-0.2, -0.15) is 0 Å². The highest BCUT2D eigenvalue weighted by atomic mass is 35.5. The maximum Gasteiger partial charge on any atom is 0.261 e. The smallest absolute Gasteiger partial charge is 0.261 e. The molecule has 2 aromatic heterocycles. The molecule has 0 aliphatic carbocycles. The van der Waals surface area contributed by atoms with Gasteiger partial charge in [0.15, 0.2) is 0 Å². The number of nitrogens with zero attached hydrogens (tertiary/aromatic N) is 5. The van der Waals surface area contributed by atoms with E-state index in [4.69, 9.17) is 17.3 Å². The number of amides is 1. The second kappa shape index (κ2) is 9.73. The summed E-state index contributed by atoms with van der Waals surface area (Å²) in [5.74, 6) is -0.202. The highest BCUT2D eigenvalue weighted by molar-refractivity contribution is 7.17. The Kier molecular flexibility index (Phi) is 7.08. The van der Waals surface area contributed by atoms with E-state index in [2.05, 4.69) is 39.1 Å². The fraction of sp³-hybridized carbons (Fsp3) is 0.316. The Morgan fingerprint density at radius 1 is 1.34 bits per heavy atom. The van der Waals surface area contributed by atoms with E-state index in [1.807, 2.05) is 12.2 Å².